The summed E-state index contributed by atoms with van der Waals surface area (Å²) < 4.78 is 0. The van der Waals surface area contributed by atoms with E-state index in [2.05, 4.69) is 361 Å². The maximum absolute atomic E-state index is 3.48. The second-order valence-corrected chi connectivity index (χ2v) is 45.8. The van der Waals surface area contributed by atoms with E-state index in [0.29, 0.717) is 0 Å². The highest BCUT2D eigenvalue weighted by molar-refractivity contribution is 6.89. The van der Waals surface area contributed by atoms with Gasteiger partial charge in [0, 0.05) is 22.3 Å². The Labute approximate surface area is 668 Å². The van der Waals surface area contributed by atoms with Crippen molar-refractivity contribution in [2.75, 3.05) is 0 Å². The molecular weight excluding hydrogens is 1350 g/mol. The monoisotopic (exact) mass is 1480 g/mol. The molecule has 0 heterocycles. The molecule has 0 saturated carbocycles. The van der Waals surface area contributed by atoms with Crippen LogP contribution in [0.2, 0.25) is 39.3 Å². The maximum atomic E-state index is 3.48. The lowest BCUT2D eigenvalue weighted by molar-refractivity contribution is 0.556. The molecule has 0 radical (unpaired) electrons. The van der Waals surface area contributed by atoms with Crippen LogP contribution < -0.4 is 10.4 Å². The molecule has 11 aromatic rings. The van der Waals surface area contributed by atoms with Gasteiger partial charge in [0.25, 0.3) is 0 Å². The van der Waals surface area contributed by atoms with Gasteiger partial charge in [-0.05, 0) is 196 Å². The normalized spacial score (nSPS) is 11.8. The molecule has 2 heteroatoms. The van der Waals surface area contributed by atoms with Crippen molar-refractivity contribution in [3.05, 3.63) is 287 Å². The molecule has 0 N–H and O–H groups in total. The lowest BCUT2D eigenvalue weighted by atomic mass is 9.73. The summed E-state index contributed by atoms with van der Waals surface area (Å²) in [7, 11) is -2.81. The molecule has 0 aliphatic rings. The van der Waals surface area contributed by atoms with Crippen molar-refractivity contribution >= 4 is 26.5 Å². The summed E-state index contributed by atoms with van der Waals surface area (Å²) in [6.07, 6.45) is 28.8. The summed E-state index contributed by atoms with van der Waals surface area (Å²) in [6, 6.07) is 93.7. The zero-order valence-corrected chi connectivity index (χ0v) is 71.7. The van der Waals surface area contributed by atoms with Gasteiger partial charge in [-0.3, -0.25) is 0 Å². The van der Waals surface area contributed by atoms with Gasteiger partial charge in [0.1, 0.15) is 0 Å². The second kappa shape index (κ2) is 38.8. The van der Waals surface area contributed by atoms with Crippen LogP contribution in [0.25, 0.3) is 89.0 Å². The summed E-state index contributed by atoms with van der Waals surface area (Å²) >= 11 is 0. The Morgan fingerprint density at radius 2 is 0.391 bits per heavy atom. The lowest BCUT2D eigenvalue weighted by Crippen LogP contribution is -2.37. The van der Waals surface area contributed by atoms with E-state index in [1.165, 1.54) is 228 Å². The molecule has 0 fully saturated rings. The van der Waals surface area contributed by atoms with Crippen molar-refractivity contribution < 1.29 is 0 Å². The van der Waals surface area contributed by atoms with Gasteiger partial charge in [-0.1, -0.05) is 438 Å². The summed E-state index contributed by atoms with van der Waals surface area (Å²) in [5.74, 6) is 13.9. The fraction of sp³-hybridized carbons (Fsp3) is 0.352. The molecule has 566 valence electrons. The number of benzene rings is 11. The van der Waals surface area contributed by atoms with Crippen molar-refractivity contribution in [2.24, 2.45) is 0 Å². The second-order valence-electron chi connectivity index (χ2n) is 35.6. The highest BCUT2D eigenvalue weighted by atomic mass is 28.3. The first kappa shape index (κ1) is 81.9. The molecule has 110 heavy (non-hydrogen) atoms. The molecular formula is C108H126Si2. The first-order valence-corrected chi connectivity index (χ1v) is 49.3. The Hall–Kier alpha value is -9.03. The number of rotatable bonds is 32. The van der Waals surface area contributed by atoms with Gasteiger partial charge in [0.2, 0.25) is 0 Å². The van der Waals surface area contributed by atoms with Crippen LogP contribution in [-0.4, -0.2) is 16.1 Å². The summed E-state index contributed by atoms with van der Waals surface area (Å²) in [6.45, 7) is 33.0. The highest BCUT2D eigenvalue weighted by Crippen LogP contribution is 2.57. The van der Waals surface area contributed by atoms with E-state index < -0.39 is 16.1 Å². The van der Waals surface area contributed by atoms with Gasteiger partial charge in [-0.15, -0.1) is 0 Å². The van der Waals surface area contributed by atoms with Crippen LogP contribution >= 0.6 is 0 Å². The topological polar surface area (TPSA) is 0 Å². The molecule has 0 nitrogen and oxygen atoms in total. The molecule has 0 unspecified atom stereocenters. The minimum absolute atomic E-state index is 0.0428. The van der Waals surface area contributed by atoms with Gasteiger partial charge in [0.15, 0.2) is 0 Å². The van der Waals surface area contributed by atoms with E-state index >= 15 is 0 Å². The van der Waals surface area contributed by atoms with Crippen LogP contribution in [0.1, 0.15) is 228 Å². The van der Waals surface area contributed by atoms with Crippen molar-refractivity contribution in [3.8, 4) is 113 Å². The molecule has 0 atom stereocenters. The first-order chi connectivity index (χ1) is 53.0. The van der Waals surface area contributed by atoms with Crippen LogP contribution in [0, 0.1) is 23.7 Å². The average Bonchev–Trinajstić information content (AvgIpc) is 0.713. The average molecular weight is 1480 g/mol. The van der Waals surface area contributed by atoms with Crippen LogP contribution in [0.5, 0.6) is 0 Å². The van der Waals surface area contributed by atoms with Gasteiger partial charge in [0.05, 0.1) is 16.1 Å². The molecule has 0 aromatic heterocycles. The van der Waals surface area contributed by atoms with Gasteiger partial charge in [-0.25, -0.2) is 0 Å². The predicted molar refractivity (Wildman–Crippen MR) is 489 cm³/mol. The van der Waals surface area contributed by atoms with Crippen LogP contribution in [0.3, 0.4) is 0 Å². The van der Waals surface area contributed by atoms with Crippen molar-refractivity contribution in [2.45, 2.75) is 247 Å². The van der Waals surface area contributed by atoms with Gasteiger partial charge < -0.3 is 0 Å². The Balaban J connectivity index is 1.10. The standard InChI is InChI=1S/C108H126Si2/c1-15-17-19-21-23-25-27-29-31-33-35-81-45-57-91(58-46-81)101-102(92-59-47-82(48-60-92)36-34-32-30-28-26-24-22-20-18-16-2)106(96-71-75-98(76-72-96)108(6,7)8)104(94-67-63-90(64-68-94)88-55-43-84(44-56-88)38-40-86-51-79-100(80-52-86)110(12,13)14)103(105(101)95-69-73-97(74-70-95)107(3,4)5)93-65-61-89(62-66-93)87-53-41-83(42-54-87)37-39-85-49-77-99(78-50-85)109(9,10)11/h41-80H,15-36H2,1-14H3. The van der Waals surface area contributed by atoms with Gasteiger partial charge in [-0.2, -0.15) is 0 Å². The van der Waals surface area contributed by atoms with Gasteiger partial charge >= 0.3 is 0 Å². The predicted octanol–water partition coefficient (Wildman–Crippen LogP) is 30.4. The molecule has 0 amide bonds. The Morgan fingerprint density at radius 1 is 0.209 bits per heavy atom. The molecule has 11 aromatic carbocycles. The van der Waals surface area contributed by atoms with Crippen LogP contribution in [0.15, 0.2) is 243 Å². The Bertz CT molecular complexity index is 4510. The molecule has 0 aliphatic heterocycles. The van der Waals surface area contributed by atoms with E-state index in [-0.39, 0.29) is 10.8 Å². The third-order valence-electron chi connectivity index (χ3n) is 22.7. The van der Waals surface area contributed by atoms with E-state index in [1.807, 2.05) is 0 Å². The Morgan fingerprint density at radius 3 is 0.609 bits per heavy atom. The van der Waals surface area contributed by atoms with E-state index in [9.17, 15) is 0 Å². The van der Waals surface area contributed by atoms with Crippen LogP contribution in [0.4, 0.5) is 0 Å². The zero-order valence-electron chi connectivity index (χ0n) is 69.7. The van der Waals surface area contributed by atoms with Crippen molar-refractivity contribution in [1.29, 1.82) is 0 Å². The quantitative estimate of drug-likeness (QED) is 0.0224. The zero-order chi connectivity index (χ0) is 77.7. The fourth-order valence-corrected chi connectivity index (χ4v) is 17.9. The molecule has 0 bridgehead atoms. The number of aryl methyl sites for hydroxylation is 2. The Kier molecular flexibility index (Phi) is 28.9. The third-order valence-corrected chi connectivity index (χ3v) is 26.8. The molecule has 0 aliphatic carbocycles. The van der Waals surface area contributed by atoms with E-state index in [1.54, 1.807) is 0 Å². The smallest absolute Gasteiger partial charge is 0.0656 e. The highest BCUT2D eigenvalue weighted by Gasteiger charge is 2.31. The lowest BCUT2D eigenvalue weighted by Gasteiger charge is -2.30. The van der Waals surface area contributed by atoms with E-state index in [4.69, 9.17) is 0 Å². The number of unbranched alkanes of at least 4 members (excludes halogenated alkanes) is 18. The molecule has 11 rings (SSSR count). The van der Waals surface area contributed by atoms with Crippen molar-refractivity contribution in [1.82, 2.24) is 0 Å². The third kappa shape index (κ3) is 22.6. The number of hydrogen-bond acceptors (Lipinski definition) is 0. The minimum atomic E-state index is -1.41. The summed E-state index contributed by atoms with van der Waals surface area (Å²) in [5, 5.41) is 2.90. The van der Waals surface area contributed by atoms with Crippen LogP contribution in [-0.2, 0) is 23.7 Å². The summed E-state index contributed by atoms with van der Waals surface area (Å²) in [4.78, 5) is 0. The maximum Gasteiger partial charge on any atom is 0.0775 e. The molecule has 0 saturated heterocycles. The first-order valence-electron chi connectivity index (χ1n) is 42.3. The molecule has 0 spiro atoms. The SMILES string of the molecule is CCCCCCCCCCCCc1ccc(-c2c(-c3ccc(CCCCCCCCCCCC)cc3)c(-c3ccc(C(C)(C)C)cc3)c(-c3ccc(-c4ccc(C#Cc5ccc([Si](C)(C)C)cc5)cc4)cc3)c(-c3ccc(-c4ccc(C#Cc5ccc([Si](C)(C)C)cc5)cc4)cc3)c2-c2ccc(C(C)(C)C)cc2)cc1. The van der Waals surface area contributed by atoms with E-state index in [0.717, 1.165) is 57.3 Å². The summed E-state index contributed by atoms with van der Waals surface area (Å²) in [5.41, 5.74) is 28.7. The minimum Gasteiger partial charge on any atom is -0.0656 e. The van der Waals surface area contributed by atoms with Crippen molar-refractivity contribution in [3.63, 3.8) is 0 Å². The largest absolute Gasteiger partial charge is 0.0775 e. The fourth-order valence-electron chi connectivity index (χ4n) is 15.6. The number of hydrogen-bond donors (Lipinski definition) is 0.